The molecule has 0 aliphatic rings. The highest BCUT2D eigenvalue weighted by atomic mass is 16.6. The molecule has 0 unspecified atom stereocenters. The van der Waals surface area contributed by atoms with Crippen LogP contribution in [0.1, 0.15) is 22.6 Å². The van der Waals surface area contributed by atoms with Gasteiger partial charge in [-0.3, -0.25) is 24.1 Å². The van der Waals surface area contributed by atoms with Crippen LogP contribution in [-0.2, 0) is 4.79 Å². The minimum Gasteiger partial charge on any atom is -0.481 e. The third-order valence-corrected chi connectivity index (χ3v) is 2.83. The predicted octanol–water partition coefficient (Wildman–Crippen LogP) is 0.755. The molecule has 1 amide bonds. The van der Waals surface area contributed by atoms with Crippen LogP contribution in [0.25, 0.3) is 5.65 Å². The summed E-state index contributed by atoms with van der Waals surface area (Å²) in [5, 5.41) is 21.8. The van der Waals surface area contributed by atoms with Gasteiger partial charge in [0.25, 0.3) is 11.6 Å². The van der Waals surface area contributed by atoms with Gasteiger partial charge in [-0.25, -0.2) is 4.98 Å². The van der Waals surface area contributed by atoms with E-state index in [1.54, 1.807) is 6.92 Å². The molecular weight excluding hydrogens is 280 g/mol. The molecule has 2 rings (SSSR count). The van der Waals surface area contributed by atoms with Gasteiger partial charge < -0.3 is 10.4 Å². The first-order chi connectivity index (χ1) is 9.90. The van der Waals surface area contributed by atoms with E-state index in [0.717, 1.165) is 0 Å². The van der Waals surface area contributed by atoms with Crippen LogP contribution >= 0.6 is 0 Å². The molecule has 2 N–H and O–H groups in total. The number of carbonyl (C=O) groups excluding carboxylic acids is 1. The Hall–Kier alpha value is -2.97. The molecule has 0 bridgehead atoms. The maximum absolute atomic E-state index is 12.1. The van der Waals surface area contributed by atoms with E-state index in [2.05, 4.69) is 10.3 Å². The predicted molar refractivity (Wildman–Crippen MR) is 71.2 cm³/mol. The summed E-state index contributed by atoms with van der Waals surface area (Å²) in [6, 6.07) is 2.74. The van der Waals surface area contributed by atoms with Gasteiger partial charge >= 0.3 is 5.97 Å². The lowest BCUT2D eigenvalue weighted by Gasteiger charge is -2.04. The van der Waals surface area contributed by atoms with E-state index >= 15 is 0 Å². The highest BCUT2D eigenvalue weighted by molar-refractivity contribution is 5.94. The number of hydrogen-bond acceptors (Lipinski definition) is 5. The molecule has 0 saturated heterocycles. The van der Waals surface area contributed by atoms with Crippen molar-refractivity contribution in [2.45, 2.75) is 13.3 Å². The van der Waals surface area contributed by atoms with E-state index in [1.807, 2.05) is 0 Å². The van der Waals surface area contributed by atoms with Crippen LogP contribution in [0.15, 0.2) is 18.3 Å². The number of aryl methyl sites for hydroxylation is 1. The molecule has 9 nitrogen and oxygen atoms in total. The number of rotatable bonds is 5. The number of nitro groups is 1. The van der Waals surface area contributed by atoms with E-state index in [4.69, 9.17) is 5.11 Å². The Morgan fingerprint density at radius 3 is 2.81 bits per heavy atom. The number of amides is 1. The van der Waals surface area contributed by atoms with Crippen molar-refractivity contribution >= 4 is 23.2 Å². The van der Waals surface area contributed by atoms with Gasteiger partial charge in [0.2, 0.25) is 0 Å². The number of nitrogens with zero attached hydrogens (tertiary/aromatic N) is 3. The Morgan fingerprint density at radius 1 is 1.48 bits per heavy atom. The normalized spacial score (nSPS) is 10.5. The van der Waals surface area contributed by atoms with Gasteiger partial charge in [0.1, 0.15) is 11.3 Å². The van der Waals surface area contributed by atoms with Crippen molar-refractivity contribution in [3.63, 3.8) is 0 Å². The van der Waals surface area contributed by atoms with Crippen molar-refractivity contribution in [1.82, 2.24) is 14.7 Å². The fourth-order valence-corrected chi connectivity index (χ4v) is 1.90. The van der Waals surface area contributed by atoms with Crippen molar-refractivity contribution < 1.29 is 19.6 Å². The Bertz CT molecular complexity index is 737. The average molecular weight is 292 g/mol. The molecular formula is C12H12N4O5. The number of fused-ring (bicyclic) bond motifs is 1. The van der Waals surface area contributed by atoms with E-state index in [0.29, 0.717) is 11.3 Å². The number of carboxylic acid groups (broad SMARTS) is 1. The van der Waals surface area contributed by atoms with Crippen molar-refractivity contribution in [2.24, 2.45) is 0 Å². The molecule has 0 saturated carbocycles. The second kappa shape index (κ2) is 5.57. The fraction of sp³-hybridized carbons (Fsp3) is 0.250. The smallest absolute Gasteiger partial charge is 0.305 e. The minimum absolute atomic E-state index is 0.0320. The van der Waals surface area contributed by atoms with Crippen molar-refractivity contribution in [3.8, 4) is 0 Å². The summed E-state index contributed by atoms with van der Waals surface area (Å²) in [6.45, 7) is 1.57. The number of aliphatic carboxylic acids is 1. The summed E-state index contributed by atoms with van der Waals surface area (Å²) < 4.78 is 1.32. The standard InChI is InChI=1S/C12H12N4O5/c1-7-11(12(19)13-5-4-10(17)18)15-6-8(16(20)21)2-3-9(15)14-7/h2-3,6H,4-5H2,1H3,(H,13,19)(H,17,18). The third kappa shape index (κ3) is 2.96. The number of nitrogens with one attached hydrogen (secondary N) is 1. The van der Waals surface area contributed by atoms with Crippen LogP contribution in [0, 0.1) is 17.0 Å². The number of carbonyl (C=O) groups is 2. The van der Waals surface area contributed by atoms with E-state index in [9.17, 15) is 19.7 Å². The second-order valence-electron chi connectivity index (χ2n) is 4.32. The molecule has 2 aromatic heterocycles. The first kappa shape index (κ1) is 14.4. The summed E-state index contributed by atoms with van der Waals surface area (Å²) in [4.78, 5) is 36.8. The highest BCUT2D eigenvalue weighted by Gasteiger charge is 2.18. The molecule has 9 heteroatoms. The van der Waals surface area contributed by atoms with E-state index in [1.165, 1.54) is 22.7 Å². The lowest BCUT2D eigenvalue weighted by Crippen LogP contribution is -2.27. The van der Waals surface area contributed by atoms with Crippen molar-refractivity contribution in [3.05, 3.63) is 39.8 Å². The Labute approximate surface area is 118 Å². The van der Waals surface area contributed by atoms with Crippen molar-refractivity contribution in [2.75, 3.05) is 6.54 Å². The average Bonchev–Trinajstić information content (AvgIpc) is 2.72. The van der Waals surface area contributed by atoms with Gasteiger partial charge in [-0.15, -0.1) is 0 Å². The number of carboxylic acids is 1. The zero-order chi connectivity index (χ0) is 15.6. The molecule has 0 aliphatic heterocycles. The Balaban J connectivity index is 2.35. The quantitative estimate of drug-likeness (QED) is 0.618. The number of aromatic nitrogens is 2. The van der Waals surface area contributed by atoms with Crippen LogP contribution < -0.4 is 5.32 Å². The minimum atomic E-state index is -1.03. The Morgan fingerprint density at radius 2 is 2.19 bits per heavy atom. The summed E-state index contributed by atoms with van der Waals surface area (Å²) in [5.41, 5.74) is 0.795. The lowest BCUT2D eigenvalue weighted by atomic mass is 10.3. The van der Waals surface area contributed by atoms with Gasteiger partial charge in [0.15, 0.2) is 0 Å². The topological polar surface area (TPSA) is 127 Å². The molecule has 0 aromatic carbocycles. The molecule has 0 fully saturated rings. The highest BCUT2D eigenvalue weighted by Crippen LogP contribution is 2.17. The van der Waals surface area contributed by atoms with Gasteiger partial charge in [-0.05, 0) is 13.0 Å². The second-order valence-corrected chi connectivity index (χ2v) is 4.32. The monoisotopic (exact) mass is 292 g/mol. The SMILES string of the molecule is Cc1nc2ccc([N+](=O)[O-])cn2c1C(=O)NCCC(=O)O. The maximum Gasteiger partial charge on any atom is 0.305 e. The van der Waals surface area contributed by atoms with Gasteiger partial charge in [0, 0.05) is 12.6 Å². The van der Waals surface area contributed by atoms with Crippen LogP contribution in [0.3, 0.4) is 0 Å². The maximum atomic E-state index is 12.1. The molecule has 21 heavy (non-hydrogen) atoms. The van der Waals surface area contributed by atoms with Crippen molar-refractivity contribution in [1.29, 1.82) is 0 Å². The van der Waals surface area contributed by atoms with Crippen LogP contribution in [-0.4, -0.2) is 37.8 Å². The summed E-state index contributed by atoms with van der Waals surface area (Å²) in [7, 11) is 0. The molecule has 110 valence electrons. The third-order valence-electron chi connectivity index (χ3n) is 2.83. The molecule has 2 aromatic rings. The molecule has 0 spiro atoms. The van der Waals surface area contributed by atoms with E-state index in [-0.39, 0.29) is 24.3 Å². The molecule has 0 radical (unpaired) electrons. The van der Waals surface area contributed by atoms with Gasteiger partial charge in [0.05, 0.1) is 23.2 Å². The van der Waals surface area contributed by atoms with Gasteiger partial charge in [-0.1, -0.05) is 0 Å². The zero-order valence-corrected chi connectivity index (χ0v) is 11.1. The molecule has 2 heterocycles. The molecule has 0 atom stereocenters. The number of pyridine rings is 1. The largest absolute Gasteiger partial charge is 0.481 e. The first-order valence-electron chi connectivity index (χ1n) is 6.03. The van der Waals surface area contributed by atoms with Gasteiger partial charge in [-0.2, -0.15) is 0 Å². The van der Waals surface area contributed by atoms with Crippen LogP contribution in [0.2, 0.25) is 0 Å². The Kier molecular flexibility index (Phi) is 3.83. The number of imidazole rings is 1. The summed E-state index contributed by atoms with van der Waals surface area (Å²) in [6.07, 6.45) is 1.00. The lowest BCUT2D eigenvalue weighted by molar-refractivity contribution is -0.385. The summed E-state index contributed by atoms with van der Waals surface area (Å²) >= 11 is 0. The van der Waals surface area contributed by atoms with Crippen LogP contribution in [0.4, 0.5) is 5.69 Å². The first-order valence-corrected chi connectivity index (χ1v) is 6.03. The zero-order valence-electron chi connectivity index (χ0n) is 11.1. The summed E-state index contributed by atoms with van der Waals surface area (Å²) in [5.74, 6) is -1.55. The number of hydrogen-bond donors (Lipinski definition) is 2. The fourth-order valence-electron chi connectivity index (χ4n) is 1.90. The van der Waals surface area contributed by atoms with E-state index < -0.39 is 16.8 Å². The van der Waals surface area contributed by atoms with Crippen LogP contribution in [0.5, 0.6) is 0 Å². The molecule has 0 aliphatic carbocycles.